The van der Waals surface area contributed by atoms with Crippen LogP contribution in [-0.4, -0.2) is 29.6 Å². The first kappa shape index (κ1) is 13.4. The van der Waals surface area contributed by atoms with Crippen LogP contribution >= 0.6 is 0 Å². The molecule has 2 unspecified atom stereocenters. The number of nitrogens with zero attached hydrogens (tertiary/aromatic N) is 1. The van der Waals surface area contributed by atoms with Crippen molar-refractivity contribution in [2.45, 2.75) is 70.9 Å². The molecule has 0 heterocycles. The normalized spacial score (nSPS) is 34.6. The fourth-order valence-electron chi connectivity index (χ4n) is 3.71. The highest BCUT2D eigenvalue weighted by Crippen LogP contribution is 2.42. The van der Waals surface area contributed by atoms with Crippen molar-refractivity contribution in [2.75, 3.05) is 13.1 Å². The molecule has 2 saturated carbocycles. The summed E-state index contributed by atoms with van der Waals surface area (Å²) in [5, 5.41) is 0. The third kappa shape index (κ3) is 3.03. The van der Waals surface area contributed by atoms with Crippen LogP contribution in [0, 0.1) is 11.8 Å². The second-order valence-electron chi connectivity index (χ2n) is 6.91. The van der Waals surface area contributed by atoms with Gasteiger partial charge in [0.05, 0.1) is 0 Å². The third-order valence-electron chi connectivity index (χ3n) is 4.61. The van der Waals surface area contributed by atoms with Gasteiger partial charge >= 0.3 is 0 Å². The minimum Gasteiger partial charge on any atom is -0.329 e. The largest absolute Gasteiger partial charge is 0.329 e. The number of hydrogen-bond acceptors (Lipinski definition) is 2. The van der Waals surface area contributed by atoms with Gasteiger partial charge in [-0.05, 0) is 37.5 Å². The molecule has 0 saturated heterocycles. The smallest absolute Gasteiger partial charge is 0.0337 e. The van der Waals surface area contributed by atoms with Crippen molar-refractivity contribution in [3.05, 3.63) is 0 Å². The first-order chi connectivity index (χ1) is 8.07. The first-order valence-corrected chi connectivity index (χ1v) is 7.54. The van der Waals surface area contributed by atoms with Gasteiger partial charge < -0.3 is 5.73 Å². The lowest BCUT2D eigenvalue weighted by Crippen LogP contribution is -2.58. The SMILES string of the molecule is CC(C)CN(C1CC1)C1(CN)CCCC(C)C1. The second-order valence-corrected chi connectivity index (χ2v) is 6.91. The number of hydrogen-bond donors (Lipinski definition) is 1. The van der Waals surface area contributed by atoms with Gasteiger partial charge in [-0.1, -0.05) is 33.6 Å². The summed E-state index contributed by atoms with van der Waals surface area (Å²) in [5.41, 5.74) is 6.54. The van der Waals surface area contributed by atoms with Gasteiger partial charge in [0.1, 0.15) is 0 Å². The van der Waals surface area contributed by atoms with Gasteiger partial charge in [0.2, 0.25) is 0 Å². The molecule has 0 aliphatic heterocycles. The van der Waals surface area contributed by atoms with E-state index in [1.165, 1.54) is 45.1 Å². The van der Waals surface area contributed by atoms with Crippen LogP contribution in [0.1, 0.15) is 59.3 Å². The lowest BCUT2D eigenvalue weighted by molar-refractivity contribution is 0.0229. The van der Waals surface area contributed by atoms with Gasteiger partial charge in [0.15, 0.2) is 0 Å². The van der Waals surface area contributed by atoms with Crippen LogP contribution in [0.4, 0.5) is 0 Å². The Morgan fingerprint density at radius 2 is 2.00 bits per heavy atom. The zero-order valence-electron chi connectivity index (χ0n) is 11.9. The van der Waals surface area contributed by atoms with E-state index in [0.717, 1.165) is 24.4 Å². The van der Waals surface area contributed by atoms with Crippen molar-refractivity contribution in [2.24, 2.45) is 17.6 Å². The van der Waals surface area contributed by atoms with Crippen molar-refractivity contribution in [3.8, 4) is 0 Å². The average molecular weight is 238 g/mol. The fourth-order valence-corrected chi connectivity index (χ4v) is 3.71. The van der Waals surface area contributed by atoms with Crippen molar-refractivity contribution in [1.82, 2.24) is 4.90 Å². The molecule has 100 valence electrons. The van der Waals surface area contributed by atoms with Crippen molar-refractivity contribution in [1.29, 1.82) is 0 Å². The lowest BCUT2D eigenvalue weighted by atomic mass is 9.75. The summed E-state index contributed by atoms with van der Waals surface area (Å²) in [4.78, 5) is 2.80. The van der Waals surface area contributed by atoms with Gasteiger partial charge in [-0.15, -0.1) is 0 Å². The Balaban J connectivity index is 2.11. The summed E-state index contributed by atoms with van der Waals surface area (Å²) in [7, 11) is 0. The van der Waals surface area contributed by atoms with E-state index in [1.54, 1.807) is 0 Å². The Hall–Kier alpha value is -0.0800. The van der Waals surface area contributed by atoms with Gasteiger partial charge in [-0.3, -0.25) is 4.90 Å². The second kappa shape index (κ2) is 5.27. The monoisotopic (exact) mass is 238 g/mol. The summed E-state index contributed by atoms with van der Waals surface area (Å²) in [6.07, 6.45) is 8.25. The highest BCUT2D eigenvalue weighted by Gasteiger charge is 2.45. The molecule has 17 heavy (non-hydrogen) atoms. The molecule has 2 atom stereocenters. The van der Waals surface area contributed by atoms with Gasteiger partial charge in [0, 0.05) is 24.7 Å². The molecular formula is C15H30N2. The molecular weight excluding hydrogens is 208 g/mol. The Morgan fingerprint density at radius 1 is 1.29 bits per heavy atom. The van der Waals surface area contributed by atoms with Gasteiger partial charge in [-0.2, -0.15) is 0 Å². The highest BCUT2D eigenvalue weighted by molar-refractivity contribution is 5.01. The Morgan fingerprint density at radius 3 is 2.47 bits per heavy atom. The number of nitrogens with two attached hydrogens (primary N) is 1. The highest BCUT2D eigenvalue weighted by atomic mass is 15.3. The van der Waals surface area contributed by atoms with Crippen LogP contribution in [0.3, 0.4) is 0 Å². The molecule has 2 aliphatic carbocycles. The van der Waals surface area contributed by atoms with Crippen LogP contribution in [0.15, 0.2) is 0 Å². The van der Waals surface area contributed by atoms with E-state index >= 15 is 0 Å². The maximum Gasteiger partial charge on any atom is 0.0337 e. The molecule has 2 nitrogen and oxygen atoms in total. The van der Waals surface area contributed by atoms with Crippen LogP contribution in [0.25, 0.3) is 0 Å². The quantitative estimate of drug-likeness (QED) is 0.798. The van der Waals surface area contributed by atoms with Crippen molar-refractivity contribution in [3.63, 3.8) is 0 Å². The summed E-state index contributed by atoms with van der Waals surface area (Å²) in [5.74, 6) is 1.62. The molecule has 2 N–H and O–H groups in total. The summed E-state index contributed by atoms with van der Waals surface area (Å²) >= 11 is 0. The minimum atomic E-state index is 0.336. The van der Waals surface area contributed by atoms with E-state index in [1.807, 2.05) is 0 Å². The van der Waals surface area contributed by atoms with Crippen LogP contribution in [0.2, 0.25) is 0 Å². The molecule has 0 spiro atoms. The molecule has 2 rings (SSSR count). The Bertz CT molecular complexity index is 247. The standard InChI is InChI=1S/C15H30N2/c1-12(2)10-17(14-6-7-14)15(11-16)8-4-5-13(3)9-15/h12-14H,4-11,16H2,1-3H3. The summed E-state index contributed by atoms with van der Waals surface area (Å²) in [6.45, 7) is 9.19. The van der Waals surface area contributed by atoms with E-state index in [2.05, 4.69) is 25.7 Å². The lowest BCUT2D eigenvalue weighted by Gasteiger charge is -2.49. The molecule has 0 amide bonds. The van der Waals surface area contributed by atoms with E-state index in [0.29, 0.717) is 5.54 Å². The molecule has 0 radical (unpaired) electrons. The Kier molecular flexibility index (Phi) is 4.14. The molecule has 0 aromatic carbocycles. The maximum absolute atomic E-state index is 6.20. The average Bonchev–Trinajstić information content (AvgIpc) is 3.09. The molecule has 0 bridgehead atoms. The van der Waals surface area contributed by atoms with Crippen LogP contribution in [0.5, 0.6) is 0 Å². The first-order valence-electron chi connectivity index (χ1n) is 7.54. The zero-order chi connectivity index (χ0) is 12.5. The topological polar surface area (TPSA) is 29.3 Å². The van der Waals surface area contributed by atoms with E-state index in [4.69, 9.17) is 5.73 Å². The predicted molar refractivity (Wildman–Crippen MR) is 74.0 cm³/mol. The molecule has 0 aromatic rings. The summed E-state index contributed by atoms with van der Waals surface area (Å²) in [6, 6.07) is 0.853. The van der Waals surface area contributed by atoms with Crippen molar-refractivity contribution < 1.29 is 0 Å². The molecule has 0 aromatic heterocycles. The predicted octanol–water partition coefficient (Wildman–Crippen LogP) is 3.01. The maximum atomic E-state index is 6.20. The van der Waals surface area contributed by atoms with E-state index < -0.39 is 0 Å². The molecule has 2 heteroatoms. The fraction of sp³-hybridized carbons (Fsp3) is 1.00. The minimum absolute atomic E-state index is 0.336. The van der Waals surface area contributed by atoms with E-state index in [9.17, 15) is 0 Å². The molecule has 2 fully saturated rings. The zero-order valence-corrected chi connectivity index (χ0v) is 11.9. The van der Waals surface area contributed by atoms with E-state index in [-0.39, 0.29) is 0 Å². The Labute approximate surface area is 107 Å². The van der Waals surface area contributed by atoms with Gasteiger partial charge in [-0.25, -0.2) is 0 Å². The number of rotatable bonds is 5. The third-order valence-corrected chi connectivity index (χ3v) is 4.61. The molecule has 2 aliphatic rings. The summed E-state index contributed by atoms with van der Waals surface area (Å²) < 4.78 is 0. The van der Waals surface area contributed by atoms with Crippen LogP contribution in [-0.2, 0) is 0 Å². The van der Waals surface area contributed by atoms with Crippen molar-refractivity contribution >= 4 is 0 Å². The van der Waals surface area contributed by atoms with Crippen LogP contribution < -0.4 is 5.73 Å². The van der Waals surface area contributed by atoms with Gasteiger partial charge in [0.25, 0.3) is 0 Å².